The first-order valence-corrected chi connectivity index (χ1v) is 5.17. The molecule has 0 saturated heterocycles. The summed E-state index contributed by atoms with van der Waals surface area (Å²) in [6.07, 6.45) is 2.67. The Labute approximate surface area is 93.2 Å². The van der Waals surface area contributed by atoms with E-state index in [0.29, 0.717) is 12.8 Å². The molecular formula is C12H14F2O2. The van der Waals surface area contributed by atoms with Crippen molar-refractivity contribution in [1.82, 2.24) is 0 Å². The minimum Gasteiger partial charge on any atom is -0.435 e. The third kappa shape index (κ3) is 3.61. The lowest BCUT2D eigenvalue weighted by Gasteiger charge is -2.10. The van der Waals surface area contributed by atoms with Gasteiger partial charge in [-0.25, -0.2) is 0 Å². The standard InChI is InChI=1S/C12H14F2O2/c1-2-9-8-11(16-12(13)14)6-5-10(9)4-3-7-15/h5-8,12H,2-4H2,1H3. The molecule has 16 heavy (non-hydrogen) atoms. The van der Waals surface area contributed by atoms with Crippen molar-refractivity contribution in [3.8, 4) is 5.75 Å². The minimum atomic E-state index is -2.80. The van der Waals surface area contributed by atoms with Crippen LogP contribution >= 0.6 is 0 Å². The van der Waals surface area contributed by atoms with Crippen LogP contribution in [-0.2, 0) is 17.6 Å². The number of halogens is 2. The molecule has 1 aromatic carbocycles. The van der Waals surface area contributed by atoms with Crippen LogP contribution in [0.2, 0.25) is 0 Å². The Hall–Kier alpha value is -1.45. The summed E-state index contributed by atoms with van der Waals surface area (Å²) in [6.45, 7) is -0.864. The Bertz CT molecular complexity index is 351. The number of rotatable bonds is 6. The fourth-order valence-corrected chi connectivity index (χ4v) is 1.57. The average Bonchev–Trinajstić information content (AvgIpc) is 2.26. The maximum Gasteiger partial charge on any atom is 0.387 e. The van der Waals surface area contributed by atoms with Crippen molar-refractivity contribution in [2.45, 2.75) is 32.8 Å². The normalized spacial score (nSPS) is 10.5. The lowest BCUT2D eigenvalue weighted by molar-refractivity contribution is -0.107. The summed E-state index contributed by atoms with van der Waals surface area (Å²) in [5.41, 5.74) is 1.95. The molecule has 1 rings (SSSR count). The zero-order valence-electron chi connectivity index (χ0n) is 9.08. The number of alkyl halides is 2. The van der Waals surface area contributed by atoms with Gasteiger partial charge in [0.1, 0.15) is 12.0 Å². The molecule has 0 spiro atoms. The summed E-state index contributed by atoms with van der Waals surface area (Å²) in [7, 11) is 0. The summed E-state index contributed by atoms with van der Waals surface area (Å²) >= 11 is 0. The quantitative estimate of drug-likeness (QED) is 0.700. The Morgan fingerprint density at radius 1 is 1.38 bits per heavy atom. The summed E-state index contributed by atoms with van der Waals surface area (Å²) in [5.74, 6) is 0.168. The number of ether oxygens (including phenoxy) is 1. The molecule has 0 saturated carbocycles. The third-order valence-corrected chi connectivity index (χ3v) is 2.32. The van der Waals surface area contributed by atoms with Crippen LogP contribution in [-0.4, -0.2) is 12.9 Å². The molecule has 0 amide bonds. The zero-order chi connectivity index (χ0) is 12.0. The first kappa shape index (κ1) is 12.6. The summed E-state index contributed by atoms with van der Waals surface area (Å²) in [5, 5.41) is 0. The van der Waals surface area contributed by atoms with Gasteiger partial charge < -0.3 is 9.53 Å². The zero-order valence-corrected chi connectivity index (χ0v) is 9.08. The molecule has 0 heterocycles. The van der Waals surface area contributed by atoms with Gasteiger partial charge in [0.15, 0.2) is 0 Å². The van der Waals surface area contributed by atoms with E-state index in [9.17, 15) is 13.6 Å². The molecular weight excluding hydrogens is 214 g/mol. The number of aryl methyl sites for hydroxylation is 2. The number of hydrogen-bond acceptors (Lipinski definition) is 2. The monoisotopic (exact) mass is 228 g/mol. The van der Waals surface area contributed by atoms with Crippen LogP contribution in [0.15, 0.2) is 18.2 Å². The highest BCUT2D eigenvalue weighted by Gasteiger charge is 2.07. The molecule has 0 atom stereocenters. The number of carbonyl (C=O) groups excluding carboxylic acids is 1. The largest absolute Gasteiger partial charge is 0.435 e. The van der Waals surface area contributed by atoms with Crippen LogP contribution in [0, 0.1) is 0 Å². The second kappa shape index (κ2) is 6.20. The molecule has 0 fully saturated rings. The molecule has 0 aliphatic heterocycles. The van der Waals surface area contributed by atoms with Crippen molar-refractivity contribution < 1.29 is 18.3 Å². The van der Waals surface area contributed by atoms with E-state index in [2.05, 4.69) is 4.74 Å². The predicted octanol–water partition coefficient (Wildman–Crippen LogP) is 2.98. The van der Waals surface area contributed by atoms with E-state index in [0.717, 1.165) is 23.8 Å². The number of carbonyl (C=O) groups is 1. The van der Waals surface area contributed by atoms with Gasteiger partial charge in [-0.1, -0.05) is 13.0 Å². The smallest absolute Gasteiger partial charge is 0.387 e. The maximum atomic E-state index is 12.0. The third-order valence-electron chi connectivity index (χ3n) is 2.32. The minimum absolute atomic E-state index is 0.168. The van der Waals surface area contributed by atoms with E-state index in [-0.39, 0.29) is 5.75 Å². The average molecular weight is 228 g/mol. The van der Waals surface area contributed by atoms with Gasteiger partial charge in [0.05, 0.1) is 0 Å². The van der Waals surface area contributed by atoms with Crippen molar-refractivity contribution in [3.63, 3.8) is 0 Å². The SMILES string of the molecule is CCc1cc(OC(F)F)ccc1CCC=O. The highest BCUT2D eigenvalue weighted by Crippen LogP contribution is 2.21. The molecule has 0 bridgehead atoms. The van der Waals surface area contributed by atoms with E-state index >= 15 is 0 Å². The fraction of sp³-hybridized carbons (Fsp3) is 0.417. The van der Waals surface area contributed by atoms with Gasteiger partial charge in [-0.3, -0.25) is 0 Å². The van der Waals surface area contributed by atoms with Gasteiger partial charge in [0.25, 0.3) is 0 Å². The topological polar surface area (TPSA) is 26.3 Å². The van der Waals surface area contributed by atoms with E-state index in [4.69, 9.17) is 0 Å². The summed E-state index contributed by atoms with van der Waals surface area (Å²) in [4.78, 5) is 10.3. The van der Waals surface area contributed by atoms with Crippen LogP contribution < -0.4 is 4.74 Å². The Morgan fingerprint density at radius 2 is 2.12 bits per heavy atom. The molecule has 0 unspecified atom stereocenters. The van der Waals surface area contributed by atoms with Crippen molar-refractivity contribution in [2.75, 3.05) is 0 Å². The van der Waals surface area contributed by atoms with Crippen LogP contribution in [0.4, 0.5) is 8.78 Å². The lowest BCUT2D eigenvalue weighted by Crippen LogP contribution is -2.03. The van der Waals surface area contributed by atoms with Gasteiger partial charge in [-0.15, -0.1) is 0 Å². The van der Waals surface area contributed by atoms with Crippen LogP contribution in [0.5, 0.6) is 5.75 Å². The van der Waals surface area contributed by atoms with Crippen molar-refractivity contribution in [3.05, 3.63) is 29.3 Å². The van der Waals surface area contributed by atoms with E-state index in [1.165, 1.54) is 6.07 Å². The van der Waals surface area contributed by atoms with Crippen molar-refractivity contribution >= 4 is 6.29 Å². The number of hydrogen-bond donors (Lipinski definition) is 0. The van der Waals surface area contributed by atoms with Crippen molar-refractivity contribution in [2.24, 2.45) is 0 Å². The Kier molecular flexibility index (Phi) is 4.89. The lowest BCUT2D eigenvalue weighted by atomic mass is 10.0. The molecule has 0 aromatic heterocycles. The molecule has 1 aromatic rings. The Morgan fingerprint density at radius 3 is 2.69 bits per heavy atom. The van der Waals surface area contributed by atoms with Crippen molar-refractivity contribution in [1.29, 1.82) is 0 Å². The van der Waals surface area contributed by atoms with Crippen LogP contribution in [0.1, 0.15) is 24.5 Å². The van der Waals surface area contributed by atoms with Crippen LogP contribution in [0.3, 0.4) is 0 Å². The fourth-order valence-electron chi connectivity index (χ4n) is 1.57. The highest BCUT2D eigenvalue weighted by atomic mass is 19.3. The molecule has 2 nitrogen and oxygen atoms in total. The molecule has 4 heteroatoms. The Balaban J connectivity index is 2.83. The molecule has 88 valence electrons. The molecule has 0 aliphatic carbocycles. The molecule has 0 aliphatic rings. The molecule has 0 radical (unpaired) electrons. The maximum absolute atomic E-state index is 12.0. The predicted molar refractivity (Wildman–Crippen MR) is 56.8 cm³/mol. The van der Waals surface area contributed by atoms with E-state index in [1.54, 1.807) is 12.1 Å². The summed E-state index contributed by atoms with van der Waals surface area (Å²) < 4.78 is 28.3. The number of benzene rings is 1. The van der Waals surface area contributed by atoms with Gasteiger partial charge in [0, 0.05) is 6.42 Å². The second-order valence-corrected chi connectivity index (χ2v) is 3.37. The van der Waals surface area contributed by atoms with Gasteiger partial charge in [-0.05, 0) is 36.1 Å². The van der Waals surface area contributed by atoms with Gasteiger partial charge in [-0.2, -0.15) is 8.78 Å². The first-order valence-electron chi connectivity index (χ1n) is 5.17. The van der Waals surface area contributed by atoms with E-state index in [1.807, 2.05) is 6.92 Å². The van der Waals surface area contributed by atoms with Crippen LogP contribution in [0.25, 0.3) is 0 Å². The number of aldehydes is 1. The first-order chi connectivity index (χ1) is 7.67. The van der Waals surface area contributed by atoms with E-state index < -0.39 is 6.61 Å². The molecule has 0 N–H and O–H groups in total. The van der Waals surface area contributed by atoms with Gasteiger partial charge in [0.2, 0.25) is 0 Å². The summed E-state index contributed by atoms with van der Waals surface area (Å²) in [6, 6.07) is 4.85. The highest BCUT2D eigenvalue weighted by molar-refractivity contribution is 5.50. The second-order valence-electron chi connectivity index (χ2n) is 3.37. The van der Waals surface area contributed by atoms with Gasteiger partial charge >= 0.3 is 6.61 Å².